The Morgan fingerprint density at radius 2 is 1.21 bits per heavy atom. The van der Waals surface area contributed by atoms with Crippen LogP contribution in [0.3, 0.4) is 0 Å². The largest absolute Gasteiger partial charge is 0.355 e. The first-order valence-electron chi connectivity index (χ1n) is 5.76. The van der Waals surface area contributed by atoms with Crippen LogP contribution in [0.4, 0.5) is 0 Å². The minimum atomic E-state index is -0.916. The number of carbonyl (C=O) groups excluding carboxylic acids is 1. The molecule has 0 N–H and O–H groups in total. The summed E-state index contributed by atoms with van der Waals surface area (Å²) in [6.45, 7) is 3.80. The monoisotopic (exact) mass is 198 g/mol. The highest BCUT2D eigenvalue weighted by Crippen LogP contribution is 2.10. The fourth-order valence-electron chi connectivity index (χ4n) is 1.51. The van der Waals surface area contributed by atoms with Crippen molar-refractivity contribution < 1.29 is 9.90 Å². The van der Waals surface area contributed by atoms with Crippen LogP contribution in [0, 0.1) is 6.92 Å². The van der Waals surface area contributed by atoms with Crippen LogP contribution in [0.5, 0.6) is 0 Å². The van der Waals surface area contributed by atoms with E-state index in [1.165, 1.54) is 32.1 Å². The topological polar surface area (TPSA) is 37.0 Å². The average molecular weight is 198 g/mol. The third kappa shape index (κ3) is 11.5. The third-order valence-corrected chi connectivity index (χ3v) is 2.38. The van der Waals surface area contributed by atoms with Crippen LogP contribution >= 0.6 is 0 Å². The molecule has 0 spiro atoms. The Labute approximate surface area is 87.7 Å². The van der Waals surface area contributed by atoms with Crippen molar-refractivity contribution in [2.24, 2.45) is 0 Å². The molecule has 0 amide bonds. The molecule has 2 nitrogen and oxygen atoms in total. The van der Waals surface area contributed by atoms with Gasteiger partial charge >= 0.3 is 5.97 Å². The predicted octanol–water partition coefficient (Wildman–Crippen LogP) is 3.68. The molecular weight excluding hydrogens is 176 g/mol. The summed E-state index contributed by atoms with van der Waals surface area (Å²) < 4.78 is 0. The quantitative estimate of drug-likeness (QED) is 0.493. The highest BCUT2D eigenvalue weighted by molar-refractivity contribution is 5.66. The molecule has 0 fully saturated rings. The van der Waals surface area contributed by atoms with Crippen molar-refractivity contribution in [3.63, 3.8) is 0 Å². The standard InChI is InChI=1S/C12H22O2/c1-2-3-4-5-6-7-8-9-10-11-12(13)14/h1-11H2. The molecule has 0 unspecified atom stereocenters. The van der Waals surface area contributed by atoms with Gasteiger partial charge in [-0.2, -0.15) is 0 Å². The van der Waals surface area contributed by atoms with E-state index in [0.29, 0.717) is 0 Å². The molecule has 82 valence electrons. The summed E-state index contributed by atoms with van der Waals surface area (Å²) in [7, 11) is 0. The summed E-state index contributed by atoms with van der Waals surface area (Å²) in [5.74, 6) is -0.916. The maximum atomic E-state index is 10.1. The maximum Gasteiger partial charge on any atom is 0.355 e. The summed E-state index contributed by atoms with van der Waals surface area (Å²) in [4.78, 5) is 10.1. The molecule has 0 aromatic rings. The third-order valence-electron chi connectivity index (χ3n) is 2.38. The van der Waals surface area contributed by atoms with Gasteiger partial charge in [0.05, 0.1) is 6.42 Å². The van der Waals surface area contributed by atoms with Gasteiger partial charge in [-0.3, -0.25) is 0 Å². The first kappa shape index (κ1) is 13.5. The Bertz CT molecular complexity index is 132. The molecule has 0 aromatic carbocycles. The molecule has 0 aliphatic rings. The van der Waals surface area contributed by atoms with Gasteiger partial charge in [0.25, 0.3) is 0 Å². The fourth-order valence-corrected chi connectivity index (χ4v) is 1.51. The second-order valence-corrected chi connectivity index (χ2v) is 3.80. The zero-order valence-corrected chi connectivity index (χ0v) is 9.09. The maximum absolute atomic E-state index is 10.1. The summed E-state index contributed by atoms with van der Waals surface area (Å²) in [6, 6.07) is 0. The van der Waals surface area contributed by atoms with E-state index in [1.54, 1.807) is 0 Å². The van der Waals surface area contributed by atoms with E-state index in [9.17, 15) is 9.90 Å². The van der Waals surface area contributed by atoms with Crippen molar-refractivity contribution in [1.29, 1.82) is 0 Å². The average Bonchev–Trinajstić information content (AvgIpc) is 2.15. The summed E-state index contributed by atoms with van der Waals surface area (Å²) >= 11 is 0. The SMILES string of the molecule is [CH2]CCCCCCCCCCC([O])=O. The molecule has 0 aliphatic carbocycles. The number of hydrogen-bond donors (Lipinski definition) is 0. The molecular formula is C12H22O2. The molecule has 0 aromatic heterocycles. The van der Waals surface area contributed by atoms with Gasteiger partial charge < -0.3 is 0 Å². The van der Waals surface area contributed by atoms with Crippen molar-refractivity contribution in [3.05, 3.63) is 6.92 Å². The lowest BCUT2D eigenvalue weighted by atomic mass is 10.1. The van der Waals surface area contributed by atoms with E-state index in [-0.39, 0.29) is 6.42 Å². The first-order chi connectivity index (χ1) is 6.77. The Morgan fingerprint density at radius 3 is 1.64 bits per heavy atom. The second kappa shape index (κ2) is 10.6. The molecule has 0 atom stereocenters. The van der Waals surface area contributed by atoms with Crippen molar-refractivity contribution in [3.8, 4) is 0 Å². The second-order valence-electron chi connectivity index (χ2n) is 3.80. The zero-order valence-electron chi connectivity index (χ0n) is 9.09. The number of rotatable bonds is 10. The van der Waals surface area contributed by atoms with Crippen LogP contribution in [-0.2, 0) is 9.90 Å². The molecule has 14 heavy (non-hydrogen) atoms. The van der Waals surface area contributed by atoms with Gasteiger partial charge in [-0.05, 0) is 6.42 Å². The van der Waals surface area contributed by atoms with E-state index >= 15 is 0 Å². The van der Waals surface area contributed by atoms with Crippen molar-refractivity contribution in [2.75, 3.05) is 0 Å². The highest BCUT2D eigenvalue weighted by Gasteiger charge is 1.98. The van der Waals surface area contributed by atoms with Crippen molar-refractivity contribution in [2.45, 2.75) is 64.2 Å². The molecule has 0 saturated carbocycles. The summed E-state index contributed by atoms with van der Waals surface area (Å²) in [5.41, 5.74) is 0. The van der Waals surface area contributed by atoms with E-state index in [4.69, 9.17) is 0 Å². The van der Waals surface area contributed by atoms with Crippen molar-refractivity contribution in [1.82, 2.24) is 0 Å². The van der Waals surface area contributed by atoms with E-state index in [1.807, 2.05) is 0 Å². The molecule has 0 saturated heterocycles. The molecule has 0 aliphatic heterocycles. The molecule has 0 rings (SSSR count). The molecule has 2 radical (unpaired) electrons. The van der Waals surface area contributed by atoms with E-state index in [2.05, 4.69) is 6.92 Å². The van der Waals surface area contributed by atoms with Gasteiger partial charge in [0, 0.05) is 0 Å². The van der Waals surface area contributed by atoms with Gasteiger partial charge in [0.15, 0.2) is 0 Å². The lowest BCUT2D eigenvalue weighted by molar-refractivity contribution is -0.143. The highest BCUT2D eigenvalue weighted by atomic mass is 16.4. The van der Waals surface area contributed by atoms with Crippen LogP contribution in [0.25, 0.3) is 0 Å². The minimum absolute atomic E-state index is 0.224. The smallest absolute Gasteiger partial charge is 0.247 e. The van der Waals surface area contributed by atoms with Gasteiger partial charge in [0.1, 0.15) is 0 Å². The Kier molecular flexibility index (Phi) is 10.2. The fraction of sp³-hybridized carbons (Fsp3) is 0.833. The molecule has 0 bridgehead atoms. The summed E-state index contributed by atoms with van der Waals surface area (Å²) in [5, 5.41) is 10.1. The Morgan fingerprint density at radius 1 is 0.786 bits per heavy atom. The van der Waals surface area contributed by atoms with E-state index in [0.717, 1.165) is 25.7 Å². The lowest BCUT2D eigenvalue weighted by Crippen LogP contribution is -1.91. The van der Waals surface area contributed by atoms with Gasteiger partial charge in [-0.25, -0.2) is 9.90 Å². The van der Waals surface area contributed by atoms with Crippen molar-refractivity contribution >= 4 is 5.97 Å². The van der Waals surface area contributed by atoms with E-state index < -0.39 is 5.97 Å². The molecule has 0 heterocycles. The van der Waals surface area contributed by atoms with Crippen LogP contribution in [-0.4, -0.2) is 5.97 Å². The number of unbranched alkanes of at least 4 members (excludes halogenated alkanes) is 8. The van der Waals surface area contributed by atoms with Crippen LogP contribution < -0.4 is 0 Å². The number of carbonyl (C=O) groups is 1. The predicted molar refractivity (Wildman–Crippen MR) is 57.2 cm³/mol. The minimum Gasteiger partial charge on any atom is -0.247 e. The molecule has 2 heteroatoms. The van der Waals surface area contributed by atoms with Gasteiger partial charge in [0.2, 0.25) is 0 Å². The van der Waals surface area contributed by atoms with Crippen LogP contribution in [0.2, 0.25) is 0 Å². The summed E-state index contributed by atoms with van der Waals surface area (Å²) in [6.07, 6.45) is 10.6. The Balaban J connectivity index is 2.88. The van der Waals surface area contributed by atoms with Crippen LogP contribution in [0.15, 0.2) is 0 Å². The van der Waals surface area contributed by atoms with Gasteiger partial charge in [-0.15, -0.1) is 0 Å². The van der Waals surface area contributed by atoms with Crippen LogP contribution in [0.1, 0.15) is 64.2 Å². The van der Waals surface area contributed by atoms with Gasteiger partial charge in [-0.1, -0.05) is 58.3 Å². The number of hydrogen-bond acceptors (Lipinski definition) is 1. The first-order valence-corrected chi connectivity index (χ1v) is 5.76. The Hall–Kier alpha value is -0.530. The zero-order chi connectivity index (χ0) is 10.6. The normalized spacial score (nSPS) is 10.4. The lowest BCUT2D eigenvalue weighted by Gasteiger charge is -2.00.